The third kappa shape index (κ3) is 6.96. The first-order valence-electron chi connectivity index (χ1n) is 11.7. The number of benzene rings is 2. The van der Waals surface area contributed by atoms with Gasteiger partial charge in [0.05, 0.1) is 34.9 Å². The van der Waals surface area contributed by atoms with Crippen LogP contribution in [0.4, 0.5) is 0 Å². The number of rotatable bonds is 12. The summed E-state index contributed by atoms with van der Waals surface area (Å²) in [5.41, 5.74) is 2.14. The molecular formula is C26H36N2O6S. The van der Waals surface area contributed by atoms with Gasteiger partial charge in [-0.25, -0.2) is 0 Å². The SMILES string of the molecule is COc1ccc([S+]([O-])CCN(C)CCCN2CCc3cc(OC)c(OC)cc3CC2=O)cc1OC. The predicted octanol–water partition coefficient (Wildman–Crippen LogP) is 2.78. The Labute approximate surface area is 211 Å². The second kappa shape index (κ2) is 12.9. The minimum absolute atomic E-state index is 0.133. The molecular weight excluding hydrogens is 468 g/mol. The molecule has 3 rings (SSSR count). The summed E-state index contributed by atoms with van der Waals surface area (Å²) in [6, 6.07) is 9.26. The summed E-state index contributed by atoms with van der Waals surface area (Å²) >= 11 is -1.13. The molecule has 1 unspecified atom stereocenters. The molecule has 35 heavy (non-hydrogen) atoms. The molecule has 2 aromatic rings. The van der Waals surface area contributed by atoms with Gasteiger partial charge in [-0.2, -0.15) is 0 Å². The molecule has 0 aliphatic carbocycles. The molecule has 192 valence electrons. The van der Waals surface area contributed by atoms with Crippen molar-refractivity contribution in [2.45, 2.75) is 24.2 Å². The lowest BCUT2D eigenvalue weighted by atomic mass is 10.0. The largest absolute Gasteiger partial charge is 0.611 e. The molecule has 1 aliphatic heterocycles. The number of carbonyl (C=O) groups excluding carboxylic acids is 1. The van der Waals surface area contributed by atoms with Crippen molar-refractivity contribution in [3.05, 3.63) is 41.5 Å². The van der Waals surface area contributed by atoms with E-state index >= 15 is 0 Å². The zero-order valence-electron chi connectivity index (χ0n) is 21.3. The van der Waals surface area contributed by atoms with Gasteiger partial charge in [-0.15, -0.1) is 0 Å². The van der Waals surface area contributed by atoms with Crippen molar-refractivity contribution in [1.82, 2.24) is 9.80 Å². The highest BCUT2D eigenvalue weighted by Gasteiger charge is 2.23. The van der Waals surface area contributed by atoms with Crippen molar-refractivity contribution in [2.24, 2.45) is 0 Å². The molecule has 0 saturated carbocycles. The molecule has 0 radical (unpaired) electrons. The molecule has 1 aliphatic rings. The van der Waals surface area contributed by atoms with Gasteiger partial charge in [0.1, 0.15) is 5.75 Å². The summed E-state index contributed by atoms with van der Waals surface area (Å²) in [7, 11) is 8.40. The Bertz CT molecular complexity index is 1000. The topological polar surface area (TPSA) is 83.5 Å². The highest BCUT2D eigenvalue weighted by atomic mass is 32.2. The summed E-state index contributed by atoms with van der Waals surface area (Å²) in [4.78, 5) is 17.7. The maximum atomic E-state index is 12.9. The molecule has 0 fully saturated rings. The Kier molecular flexibility index (Phi) is 9.94. The molecule has 9 heteroatoms. The molecule has 0 N–H and O–H groups in total. The maximum Gasteiger partial charge on any atom is 0.227 e. The van der Waals surface area contributed by atoms with Crippen LogP contribution >= 0.6 is 0 Å². The van der Waals surface area contributed by atoms with Gasteiger partial charge >= 0.3 is 0 Å². The van der Waals surface area contributed by atoms with E-state index in [9.17, 15) is 9.35 Å². The fourth-order valence-corrected chi connectivity index (χ4v) is 5.38. The molecule has 0 saturated heterocycles. The maximum absolute atomic E-state index is 12.9. The average Bonchev–Trinajstić information content (AvgIpc) is 3.03. The van der Waals surface area contributed by atoms with Crippen molar-refractivity contribution in [1.29, 1.82) is 0 Å². The summed E-state index contributed by atoms with van der Waals surface area (Å²) in [6.45, 7) is 2.90. The molecule has 0 bridgehead atoms. The molecule has 1 heterocycles. The van der Waals surface area contributed by atoms with Crippen LogP contribution in [0.5, 0.6) is 23.0 Å². The van der Waals surface area contributed by atoms with Crippen LogP contribution in [0.1, 0.15) is 17.5 Å². The van der Waals surface area contributed by atoms with Crippen LogP contribution in [0.25, 0.3) is 0 Å². The normalized spacial score (nSPS) is 14.4. The number of methoxy groups -OCH3 is 4. The van der Waals surface area contributed by atoms with Crippen molar-refractivity contribution < 1.29 is 28.3 Å². The van der Waals surface area contributed by atoms with E-state index in [1.165, 1.54) is 0 Å². The zero-order valence-corrected chi connectivity index (χ0v) is 22.1. The molecule has 1 atom stereocenters. The Balaban J connectivity index is 1.46. The van der Waals surface area contributed by atoms with Gasteiger partial charge in [-0.3, -0.25) is 4.79 Å². The van der Waals surface area contributed by atoms with Gasteiger partial charge in [-0.05, 0) is 73.0 Å². The summed E-state index contributed by atoms with van der Waals surface area (Å²) in [5.74, 6) is 3.20. The summed E-state index contributed by atoms with van der Waals surface area (Å²) in [5, 5.41) is 0. The van der Waals surface area contributed by atoms with Gasteiger partial charge in [0.15, 0.2) is 27.9 Å². The lowest BCUT2D eigenvalue weighted by Crippen LogP contribution is -2.35. The number of hydrogen-bond acceptors (Lipinski definition) is 7. The fourth-order valence-electron chi connectivity index (χ4n) is 4.21. The first-order valence-corrected chi connectivity index (χ1v) is 13.0. The lowest BCUT2D eigenvalue weighted by molar-refractivity contribution is -0.130. The monoisotopic (exact) mass is 504 g/mol. The molecule has 0 spiro atoms. The minimum Gasteiger partial charge on any atom is -0.611 e. The number of hydrogen-bond donors (Lipinski definition) is 0. The first kappa shape index (κ1) is 27.0. The average molecular weight is 505 g/mol. The van der Waals surface area contributed by atoms with E-state index in [4.69, 9.17) is 18.9 Å². The van der Waals surface area contributed by atoms with Crippen LogP contribution < -0.4 is 18.9 Å². The highest BCUT2D eigenvalue weighted by Crippen LogP contribution is 2.32. The van der Waals surface area contributed by atoms with Gasteiger partial charge in [0.2, 0.25) is 5.91 Å². The van der Waals surface area contributed by atoms with E-state index in [2.05, 4.69) is 4.90 Å². The van der Waals surface area contributed by atoms with Gasteiger partial charge in [0.25, 0.3) is 0 Å². The number of carbonyl (C=O) groups is 1. The molecule has 8 nitrogen and oxygen atoms in total. The van der Waals surface area contributed by atoms with E-state index in [-0.39, 0.29) is 5.91 Å². The number of ether oxygens (including phenoxy) is 4. The van der Waals surface area contributed by atoms with Crippen LogP contribution in [0.3, 0.4) is 0 Å². The summed E-state index contributed by atoms with van der Waals surface area (Å²) in [6.07, 6.45) is 2.02. The Morgan fingerprint density at radius 2 is 1.54 bits per heavy atom. The Morgan fingerprint density at radius 1 is 0.914 bits per heavy atom. The first-order chi connectivity index (χ1) is 16.9. The Hall–Kier alpha value is -2.62. The quantitative estimate of drug-likeness (QED) is 0.411. The van der Waals surface area contributed by atoms with Crippen molar-refractivity contribution in [3.63, 3.8) is 0 Å². The van der Waals surface area contributed by atoms with Gasteiger partial charge < -0.3 is 33.3 Å². The van der Waals surface area contributed by atoms with E-state index in [0.717, 1.165) is 35.4 Å². The van der Waals surface area contributed by atoms with Gasteiger partial charge in [-0.1, -0.05) is 0 Å². The number of fused-ring (bicyclic) bond motifs is 1. The van der Waals surface area contributed by atoms with Crippen LogP contribution in [0, 0.1) is 0 Å². The van der Waals surface area contributed by atoms with Crippen LogP contribution in [0.2, 0.25) is 0 Å². The smallest absolute Gasteiger partial charge is 0.227 e. The Morgan fingerprint density at radius 3 is 2.20 bits per heavy atom. The zero-order chi connectivity index (χ0) is 25.4. The molecule has 1 amide bonds. The van der Waals surface area contributed by atoms with Crippen molar-refractivity contribution in [3.8, 4) is 23.0 Å². The van der Waals surface area contributed by atoms with Gasteiger partial charge in [0, 0.05) is 25.7 Å². The lowest BCUT2D eigenvalue weighted by Gasteiger charge is -2.23. The van der Waals surface area contributed by atoms with Crippen molar-refractivity contribution in [2.75, 3.05) is 67.4 Å². The van der Waals surface area contributed by atoms with E-state index in [0.29, 0.717) is 54.8 Å². The van der Waals surface area contributed by atoms with Crippen LogP contribution in [-0.4, -0.2) is 87.7 Å². The third-order valence-electron chi connectivity index (χ3n) is 6.30. The number of nitrogens with zero attached hydrogens (tertiary/aromatic N) is 2. The summed E-state index contributed by atoms with van der Waals surface area (Å²) < 4.78 is 34.1. The molecule has 2 aromatic carbocycles. The van der Waals surface area contributed by atoms with Crippen LogP contribution in [-0.2, 0) is 28.8 Å². The van der Waals surface area contributed by atoms with E-state index < -0.39 is 11.2 Å². The van der Waals surface area contributed by atoms with Crippen LogP contribution in [0.15, 0.2) is 35.2 Å². The van der Waals surface area contributed by atoms with E-state index in [1.54, 1.807) is 40.6 Å². The second-order valence-electron chi connectivity index (χ2n) is 8.51. The third-order valence-corrected chi connectivity index (χ3v) is 7.63. The number of amides is 1. The highest BCUT2D eigenvalue weighted by molar-refractivity contribution is 7.91. The predicted molar refractivity (Wildman–Crippen MR) is 136 cm³/mol. The minimum atomic E-state index is -1.13. The second-order valence-corrected chi connectivity index (χ2v) is 10.1. The van der Waals surface area contributed by atoms with E-state index in [1.807, 2.05) is 30.1 Å². The van der Waals surface area contributed by atoms with Crippen molar-refractivity contribution >= 4 is 17.1 Å². The fraction of sp³-hybridized carbons (Fsp3) is 0.500. The molecule has 0 aromatic heterocycles. The standard InChI is InChI=1S/C26H36N2O6S/c1-27(13-14-35(30)21-7-8-22(31-2)25(18-21)34-5)10-6-11-28-12-9-19-15-23(32-3)24(33-4)16-20(19)17-26(28)29/h7-8,15-16,18H,6,9-14,17H2,1-5H3.